The molecule has 1 atom stereocenters. The van der Waals surface area contributed by atoms with Gasteiger partial charge in [0.2, 0.25) is 0 Å². The first kappa shape index (κ1) is 30.1. The minimum absolute atomic E-state index is 0.199. The maximum absolute atomic E-state index is 14.3. The molecule has 0 N–H and O–H groups in total. The summed E-state index contributed by atoms with van der Waals surface area (Å²) in [5.74, 6) is -0.485. The molecule has 1 aliphatic heterocycles. The summed E-state index contributed by atoms with van der Waals surface area (Å²) >= 11 is 6.49. The lowest BCUT2D eigenvalue weighted by Gasteiger charge is -2.26. The van der Waals surface area contributed by atoms with E-state index in [2.05, 4.69) is 52.5 Å². The molecule has 0 saturated heterocycles. The van der Waals surface area contributed by atoms with Gasteiger partial charge >= 0.3 is 5.97 Å². The summed E-state index contributed by atoms with van der Waals surface area (Å²) in [5.41, 5.74) is 6.35. The molecule has 3 heterocycles. The maximum atomic E-state index is 14.3. The van der Waals surface area contributed by atoms with Gasteiger partial charge in [-0.2, -0.15) is 0 Å². The fourth-order valence-corrected chi connectivity index (χ4v) is 7.27. The summed E-state index contributed by atoms with van der Waals surface area (Å²) in [7, 11) is 0. The molecular formula is C35H30BrN3O3S2. The first-order chi connectivity index (χ1) is 21.3. The molecule has 2 aromatic heterocycles. The van der Waals surface area contributed by atoms with Crippen LogP contribution < -0.4 is 14.9 Å². The van der Waals surface area contributed by atoms with Gasteiger partial charge in [-0.1, -0.05) is 69.7 Å². The number of aryl methyl sites for hydroxylation is 1. The number of nitrogens with zero attached hydrogens (tertiary/aromatic N) is 3. The van der Waals surface area contributed by atoms with Crippen molar-refractivity contribution in [3.05, 3.63) is 143 Å². The van der Waals surface area contributed by atoms with Crippen LogP contribution in [-0.4, -0.2) is 28.0 Å². The van der Waals surface area contributed by atoms with E-state index in [1.807, 2.05) is 79.1 Å². The second-order valence-electron chi connectivity index (χ2n) is 10.3. The molecule has 0 spiro atoms. The topological polar surface area (TPSA) is 65.6 Å². The maximum Gasteiger partial charge on any atom is 0.338 e. The van der Waals surface area contributed by atoms with Gasteiger partial charge in [0.1, 0.15) is 0 Å². The highest BCUT2D eigenvalue weighted by Gasteiger charge is 2.35. The molecule has 0 amide bonds. The van der Waals surface area contributed by atoms with E-state index < -0.39 is 12.0 Å². The predicted molar refractivity (Wildman–Crippen MR) is 182 cm³/mol. The number of hydrogen-bond donors (Lipinski definition) is 0. The van der Waals surface area contributed by atoms with Gasteiger partial charge in [-0.05, 0) is 86.7 Å². The molecule has 0 saturated carbocycles. The van der Waals surface area contributed by atoms with Crippen molar-refractivity contribution in [1.29, 1.82) is 0 Å². The van der Waals surface area contributed by atoms with E-state index in [0.717, 1.165) is 43.1 Å². The predicted octanol–water partition coefficient (Wildman–Crippen LogP) is 6.83. The number of fused-ring (bicyclic) bond motifs is 1. The molecule has 44 heavy (non-hydrogen) atoms. The van der Waals surface area contributed by atoms with Crippen LogP contribution in [0.15, 0.2) is 110 Å². The molecular weight excluding hydrogens is 654 g/mol. The Balaban J connectivity index is 1.59. The third-order valence-corrected chi connectivity index (χ3v) is 9.90. The second kappa shape index (κ2) is 12.6. The Morgan fingerprint density at radius 1 is 1.05 bits per heavy atom. The van der Waals surface area contributed by atoms with Crippen LogP contribution in [0.4, 0.5) is 0 Å². The molecule has 9 heteroatoms. The number of rotatable bonds is 7. The second-order valence-corrected chi connectivity index (χ2v) is 13.1. The summed E-state index contributed by atoms with van der Waals surface area (Å²) in [6, 6.07) is 27.1. The summed E-state index contributed by atoms with van der Waals surface area (Å²) in [4.78, 5) is 34.6. The molecule has 3 aromatic carbocycles. The standard InChI is InChI=1S/C35H30BrN3O3S2/c1-5-42-34(41)30-31(23-9-7-6-8-10-23)37-35-39(32(30)24-11-17-28(43-4)18-12-24)33(40)29(44-35)20-25-19-21(2)38(22(25)3)27-15-13-26(36)14-16-27/h6-20,32H,5H2,1-4H3/b29-20-/t32-/m1/s1. The normalized spacial score (nSPS) is 14.8. The zero-order chi connectivity index (χ0) is 31.0. The number of aromatic nitrogens is 2. The first-order valence-electron chi connectivity index (χ1n) is 14.2. The summed E-state index contributed by atoms with van der Waals surface area (Å²) < 4.78 is 11.0. The zero-order valence-corrected chi connectivity index (χ0v) is 27.9. The molecule has 0 bridgehead atoms. The summed E-state index contributed by atoms with van der Waals surface area (Å²) in [5, 5.41) is 0. The van der Waals surface area contributed by atoms with E-state index in [1.54, 1.807) is 23.3 Å². The largest absolute Gasteiger partial charge is 0.463 e. The number of thiazole rings is 1. The van der Waals surface area contributed by atoms with Crippen LogP contribution in [-0.2, 0) is 9.53 Å². The Bertz CT molecular complexity index is 2070. The Morgan fingerprint density at radius 2 is 1.75 bits per heavy atom. The van der Waals surface area contributed by atoms with Crippen molar-refractivity contribution < 1.29 is 9.53 Å². The van der Waals surface area contributed by atoms with Crippen molar-refractivity contribution >= 4 is 56.8 Å². The minimum Gasteiger partial charge on any atom is -0.463 e. The summed E-state index contributed by atoms with van der Waals surface area (Å²) in [6.07, 6.45) is 3.95. The summed E-state index contributed by atoms with van der Waals surface area (Å²) in [6.45, 7) is 6.11. The molecule has 6 rings (SSSR count). The van der Waals surface area contributed by atoms with E-state index in [-0.39, 0.29) is 12.2 Å². The fraction of sp³-hybridized carbons (Fsp3) is 0.171. The van der Waals surface area contributed by atoms with E-state index in [4.69, 9.17) is 9.73 Å². The van der Waals surface area contributed by atoms with Gasteiger partial charge in [-0.25, -0.2) is 9.79 Å². The van der Waals surface area contributed by atoms with Gasteiger partial charge in [-0.15, -0.1) is 11.8 Å². The Kier molecular flexibility index (Phi) is 8.62. The highest BCUT2D eigenvalue weighted by atomic mass is 79.9. The smallest absolute Gasteiger partial charge is 0.338 e. The lowest BCUT2D eigenvalue weighted by atomic mass is 9.93. The number of hydrogen-bond acceptors (Lipinski definition) is 6. The third-order valence-electron chi connectivity index (χ3n) is 7.65. The van der Waals surface area contributed by atoms with Crippen LogP contribution in [0.5, 0.6) is 0 Å². The molecule has 1 aliphatic rings. The molecule has 0 radical (unpaired) electrons. The van der Waals surface area contributed by atoms with Crippen molar-refractivity contribution in [2.75, 3.05) is 12.9 Å². The van der Waals surface area contributed by atoms with E-state index in [0.29, 0.717) is 20.6 Å². The number of thioether (sulfide) groups is 1. The van der Waals surface area contributed by atoms with Crippen molar-refractivity contribution in [2.45, 2.75) is 31.7 Å². The zero-order valence-electron chi connectivity index (χ0n) is 24.7. The number of ether oxygens (including phenoxy) is 1. The van der Waals surface area contributed by atoms with Crippen LogP contribution in [0.1, 0.15) is 41.0 Å². The number of carbonyl (C=O) groups excluding carboxylic acids is 1. The molecule has 5 aromatic rings. The average Bonchev–Trinajstić information content (AvgIpc) is 3.50. The van der Waals surface area contributed by atoms with Crippen LogP contribution in [0.25, 0.3) is 17.5 Å². The van der Waals surface area contributed by atoms with Gasteiger partial charge in [0.15, 0.2) is 4.80 Å². The Hall–Kier alpha value is -3.92. The van der Waals surface area contributed by atoms with Crippen LogP contribution in [0.2, 0.25) is 0 Å². The Morgan fingerprint density at radius 3 is 2.41 bits per heavy atom. The lowest BCUT2D eigenvalue weighted by Crippen LogP contribution is -2.40. The average molecular weight is 685 g/mol. The number of esters is 1. The van der Waals surface area contributed by atoms with Crippen LogP contribution in [0, 0.1) is 13.8 Å². The third kappa shape index (κ3) is 5.56. The minimum atomic E-state index is -0.700. The van der Waals surface area contributed by atoms with E-state index in [1.165, 1.54) is 11.3 Å². The first-order valence-corrected chi connectivity index (χ1v) is 17.0. The lowest BCUT2D eigenvalue weighted by molar-refractivity contribution is -0.138. The molecule has 0 aliphatic carbocycles. The Labute approximate surface area is 272 Å². The number of halogens is 1. The van der Waals surface area contributed by atoms with Crippen molar-refractivity contribution in [3.8, 4) is 5.69 Å². The van der Waals surface area contributed by atoms with Gasteiger partial charge < -0.3 is 9.30 Å². The molecule has 0 fully saturated rings. The highest BCUT2D eigenvalue weighted by molar-refractivity contribution is 9.10. The highest BCUT2D eigenvalue weighted by Crippen LogP contribution is 2.35. The van der Waals surface area contributed by atoms with E-state index in [9.17, 15) is 9.59 Å². The van der Waals surface area contributed by atoms with Crippen molar-refractivity contribution in [2.24, 2.45) is 4.99 Å². The SMILES string of the molecule is CCOC(=O)C1=C(c2ccccc2)N=c2s/c(=C\c3cc(C)n(-c4ccc(Br)cc4)c3C)c(=O)n2[C@@H]1c1ccc(SC)cc1. The van der Waals surface area contributed by atoms with Gasteiger partial charge in [0.05, 0.1) is 28.5 Å². The number of benzene rings is 3. The van der Waals surface area contributed by atoms with Crippen LogP contribution in [0.3, 0.4) is 0 Å². The van der Waals surface area contributed by atoms with Gasteiger partial charge in [0.25, 0.3) is 5.56 Å². The quantitative estimate of drug-likeness (QED) is 0.139. The van der Waals surface area contributed by atoms with Crippen molar-refractivity contribution in [3.63, 3.8) is 0 Å². The fourth-order valence-electron chi connectivity index (χ4n) is 5.60. The van der Waals surface area contributed by atoms with Gasteiger partial charge in [0, 0.05) is 32.0 Å². The molecule has 222 valence electrons. The van der Waals surface area contributed by atoms with Crippen molar-refractivity contribution in [1.82, 2.24) is 9.13 Å². The van der Waals surface area contributed by atoms with E-state index >= 15 is 0 Å². The number of carbonyl (C=O) groups is 1. The molecule has 0 unspecified atom stereocenters. The molecule has 6 nitrogen and oxygen atoms in total. The van der Waals surface area contributed by atoms with Crippen LogP contribution >= 0.6 is 39.0 Å². The monoisotopic (exact) mass is 683 g/mol. The van der Waals surface area contributed by atoms with Gasteiger partial charge in [-0.3, -0.25) is 9.36 Å².